The molecule has 128 valence electrons. The standard InChI is InChI=1S/C20H13Cl2N3O/c21-15-8-5-13(6-9-15)14-7-10-19-23-11-18(25(19)12-14)20(26)24-17-4-2-1-3-16(17)22/h1-12H,(H,24,26). The van der Waals surface area contributed by atoms with E-state index in [1.807, 2.05) is 54.7 Å². The summed E-state index contributed by atoms with van der Waals surface area (Å²) >= 11 is 12.1. The van der Waals surface area contributed by atoms with Gasteiger partial charge < -0.3 is 5.32 Å². The Bertz CT molecular complexity index is 1100. The molecule has 0 fully saturated rings. The zero-order chi connectivity index (χ0) is 18.1. The summed E-state index contributed by atoms with van der Waals surface area (Å²) in [6, 6.07) is 18.5. The lowest BCUT2D eigenvalue weighted by Crippen LogP contribution is -2.14. The highest BCUT2D eigenvalue weighted by molar-refractivity contribution is 6.33. The number of fused-ring (bicyclic) bond motifs is 1. The van der Waals surface area contributed by atoms with Crippen LogP contribution in [-0.2, 0) is 0 Å². The SMILES string of the molecule is O=C(Nc1ccccc1Cl)c1cnc2ccc(-c3ccc(Cl)cc3)cn12. The van der Waals surface area contributed by atoms with Gasteiger partial charge in [-0.15, -0.1) is 0 Å². The van der Waals surface area contributed by atoms with Crippen molar-refractivity contribution in [3.8, 4) is 11.1 Å². The molecule has 0 aliphatic rings. The van der Waals surface area contributed by atoms with Crippen LogP contribution in [0.4, 0.5) is 5.69 Å². The summed E-state index contributed by atoms with van der Waals surface area (Å²) in [6.45, 7) is 0. The van der Waals surface area contributed by atoms with Crippen LogP contribution in [0.15, 0.2) is 73.1 Å². The molecule has 2 aromatic carbocycles. The number of carbonyl (C=O) groups is 1. The summed E-state index contributed by atoms with van der Waals surface area (Å²) in [6.07, 6.45) is 3.43. The molecule has 4 nitrogen and oxygen atoms in total. The van der Waals surface area contributed by atoms with E-state index in [2.05, 4.69) is 10.3 Å². The summed E-state index contributed by atoms with van der Waals surface area (Å²) in [5, 5.41) is 3.98. The molecule has 1 amide bonds. The van der Waals surface area contributed by atoms with Crippen molar-refractivity contribution in [3.05, 3.63) is 88.8 Å². The maximum absolute atomic E-state index is 12.7. The molecule has 0 radical (unpaired) electrons. The van der Waals surface area contributed by atoms with Crippen molar-refractivity contribution in [1.29, 1.82) is 0 Å². The summed E-state index contributed by atoms with van der Waals surface area (Å²) in [5.41, 5.74) is 3.63. The number of para-hydroxylation sites is 1. The zero-order valence-corrected chi connectivity index (χ0v) is 15.0. The fourth-order valence-electron chi connectivity index (χ4n) is 2.71. The molecular formula is C20H13Cl2N3O. The van der Waals surface area contributed by atoms with E-state index >= 15 is 0 Å². The Hall–Kier alpha value is -2.82. The van der Waals surface area contributed by atoms with E-state index in [0.29, 0.717) is 27.1 Å². The number of rotatable bonds is 3. The first kappa shape index (κ1) is 16.6. The number of nitrogens with zero attached hydrogens (tertiary/aromatic N) is 2. The molecule has 0 atom stereocenters. The average Bonchev–Trinajstić information content (AvgIpc) is 3.07. The maximum atomic E-state index is 12.7. The van der Waals surface area contributed by atoms with Crippen molar-refractivity contribution in [1.82, 2.24) is 9.38 Å². The van der Waals surface area contributed by atoms with Gasteiger partial charge in [-0.2, -0.15) is 0 Å². The number of halogens is 2. The third-order valence-electron chi connectivity index (χ3n) is 4.04. The molecule has 0 saturated carbocycles. The zero-order valence-electron chi connectivity index (χ0n) is 13.5. The molecule has 1 N–H and O–H groups in total. The Morgan fingerprint density at radius 2 is 1.65 bits per heavy atom. The predicted molar refractivity (Wildman–Crippen MR) is 105 cm³/mol. The second-order valence-electron chi connectivity index (χ2n) is 5.73. The summed E-state index contributed by atoms with van der Waals surface area (Å²) in [7, 11) is 0. The van der Waals surface area contributed by atoms with E-state index < -0.39 is 0 Å². The Labute approximate surface area is 160 Å². The number of hydrogen-bond donors (Lipinski definition) is 1. The number of hydrogen-bond acceptors (Lipinski definition) is 2. The minimum Gasteiger partial charge on any atom is -0.319 e. The summed E-state index contributed by atoms with van der Waals surface area (Å²) < 4.78 is 1.76. The van der Waals surface area contributed by atoms with Crippen LogP contribution in [0.25, 0.3) is 16.8 Å². The van der Waals surface area contributed by atoms with E-state index in [1.165, 1.54) is 0 Å². The fraction of sp³-hybridized carbons (Fsp3) is 0. The van der Waals surface area contributed by atoms with E-state index in [-0.39, 0.29) is 5.91 Å². The van der Waals surface area contributed by atoms with Crippen LogP contribution >= 0.6 is 23.2 Å². The highest BCUT2D eigenvalue weighted by atomic mass is 35.5. The van der Waals surface area contributed by atoms with Crippen molar-refractivity contribution in [2.24, 2.45) is 0 Å². The van der Waals surface area contributed by atoms with E-state index in [1.54, 1.807) is 22.7 Å². The third kappa shape index (κ3) is 3.17. The first-order chi connectivity index (χ1) is 12.6. The van der Waals surface area contributed by atoms with Crippen LogP contribution in [0.2, 0.25) is 10.0 Å². The fourth-order valence-corrected chi connectivity index (χ4v) is 3.02. The molecule has 0 spiro atoms. The second kappa shape index (κ2) is 6.83. The van der Waals surface area contributed by atoms with Gasteiger partial charge in [0, 0.05) is 11.2 Å². The van der Waals surface area contributed by atoms with E-state index in [0.717, 1.165) is 11.1 Å². The van der Waals surface area contributed by atoms with Gasteiger partial charge in [0.2, 0.25) is 0 Å². The van der Waals surface area contributed by atoms with Crippen LogP contribution < -0.4 is 5.32 Å². The molecule has 0 aliphatic carbocycles. The highest BCUT2D eigenvalue weighted by Crippen LogP contribution is 2.24. The molecule has 0 unspecified atom stereocenters. The minimum absolute atomic E-state index is 0.279. The van der Waals surface area contributed by atoms with Crippen LogP contribution in [0.3, 0.4) is 0 Å². The monoisotopic (exact) mass is 381 g/mol. The van der Waals surface area contributed by atoms with Gasteiger partial charge >= 0.3 is 0 Å². The first-order valence-electron chi connectivity index (χ1n) is 7.91. The quantitative estimate of drug-likeness (QED) is 0.504. The van der Waals surface area contributed by atoms with E-state index in [4.69, 9.17) is 23.2 Å². The van der Waals surface area contributed by atoms with Gasteiger partial charge in [-0.1, -0.05) is 47.5 Å². The topological polar surface area (TPSA) is 46.4 Å². The number of aromatic nitrogens is 2. The summed E-state index contributed by atoms with van der Waals surface area (Å²) in [4.78, 5) is 17.0. The number of imidazole rings is 1. The van der Waals surface area contributed by atoms with Gasteiger partial charge in [-0.25, -0.2) is 4.98 Å². The van der Waals surface area contributed by atoms with Gasteiger partial charge in [0.1, 0.15) is 11.3 Å². The Balaban J connectivity index is 1.71. The molecule has 6 heteroatoms. The first-order valence-corrected chi connectivity index (χ1v) is 8.66. The number of pyridine rings is 1. The highest BCUT2D eigenvalue weighted by Gasteiger charge is 2.14. The maximum Gasteiger partial charge on any atom is 0.274 e. The van der Waals surface area contributed by atoms with Crippen LogP contribution in [0, 0.1) is 0 Å². The normalized spacial score (nSPS) is 10.8. The van der Waals surface area contributed by atoms with Gasteiger partial charge in [-0.05, 0) is 47.5 Å². The second-order valence-corrected chi connectivity index (χ2v) is 6.57. The molecule has 0 saturated heterocycles. The number of benzene rings is 2. The van der Waals surface area contributed by atoms with Crippen molar-refractivity contribution in [3.63, 3.8) is 0 Å². The van der Waals surface area contributed by atoms with Crippen molar-refractivity contribution >= 4 is 40.4 Å². The molecule has 2 aromatic heterocycles. The lowest BCUT2D eigenvalue weighted by Gasteiger charge is -2.08. The Kier molecular flexibility index (Phi) is 4.37. The minimum atomic E-state index is -0.279. The summed E-state index contributed by atoms with van der Waals surface area (Å²) in [5.74, 6) is -0.279. The van der Waals surface area contributed by atoms with Gasteiger partial charge in [0.15, 0.2) is 0 Å². The van der Waals surface area contributed by atoms with E-state index in [9.17, 15) is 4.79 Å². The molecule has 0 aliphatic heterocycles. The van der Waals surface area contributed by atoms with Crippen molar-refractivity contribution < 1.29 is 4.79 Å². The van der Waals surface area contributed by atoms with Crippen LogP contribution in [-0.4, -0.2) is 15.3 Å². The van der Waals surface area contributed by atoms with Crippen molar-refractivity contribution in [2.45, 2.75) is 0 Å². The Morgan fingerprint density at radius 1 is 0.923 bits per heavy atom. The lowest BCUT2D eigenvalue weighted by atomic mass is 10.1. The molecule has 2 heterocycles. The molecule has 26 heavy (non-hydrogen) atoms. The van der Waals surface area contributed by atoms with Crippen LogP contribution in [0.5, 0.6) is 0 Å². The smallest absolute Gasteiger partial charge is 0.274 e. The van der Waals surface area contributed by atoms with Gasteiger partial charge in [-0.3, -0.25) is 9.20 Å². The van der Waals surface area contributed by atoms with Crippen LogP contribution in [0.1, 0.15) is 10.5 Å². The largest absolute Gasteiger partial charge is 0.319 e. The van der Waals surface area contributed by atoms with Gasteiger partial charge in [0.25, 0.3) is 5.91 Å². The number of amides is 1. The number of anilines is 1. The number of carbonyl (C=O) groups excluding carboxylic acids is 1. The molecule has 4 aromatic rings. The third-order valence-corrected chi connectivity index (χ3v) is 4.62. The predicted octanol–water partition coefficient (Wildman–Crippen LogP) is 5.56. The average molecular weight is 382 g/mol. The van der Waals surface area contributed by atoms with Crippen molar-refractivity contribution in [2.75, 3.05) is 5.32 Å². The molecular weight excluding hydrogens is 369 g/mol. The Morgan fingerprint density at radius 3 is 2.42 bits per heavy atom. The lowest BCUT2D eigenvalue weighted by molar-refractivity contribution is 0.102. The number of nitrogens with one attached hydrogen (secondary N) is 1. The molecule has 0 bridgehead atoms. The molecule has 4 rings (SSSR count). The van der Waals surface area contributed by atoms with Gasteiger partial charge in [0.05, 0.1) is 16.9 Å².